The fourth-order valence-electron chi connectivity index (χ4n) is 3.87. The second kappa shape index (κ2) is 9.84. The van der Waals surface area contributed by atoms with Crippen LogP contribution in [0, 0.1) is 0 Å². The van der Waals surface area contributed by atoms with Crippen molar-refractivity contribution in [3.63, 3.8) is 0 Å². The monoisotopic (exact) mass is 512 g/mol. The number of thiophene rings is 1. The minimum Gasteiger partial charge on any atom is -0.395 e. The lowest BCUT2D eigenvalue weighted by molar-refractivity contribution is 0.122. The van der Waals surface area contributed by atoms with E-state index in [-0.39, 0.29) is 18.0 Å². The first-order valence-corrected chi connectivity index (χ1v) is 13.3. The molecule has 5 rings (SSSR count). The van der Waals surface area contributed by atoms with Crippen molar-refractivity contribution in [3.8, 4) is 21.8 Å². The van der Waals surface area contributed by atoms with Crippen LogP contribution in [0.2, 0.25) is 0 Å². The van der Waals surface area contributed by atoms with Crippen molar-refractivity contribution in [2.24, 2.45) is 0 Å². The third-order valence-electron chi connectivity index (χ3n) is 5.55. The predicted octanol–water partition coefficient (Wildman–Crippen LogP) is 2.11. The molecule has 10 nitrogen and oxygen atoms in total. The number of anilines is 2. The molecule has 0 amide bonds. The van der Waals surface area contributed by atoms with Gasteiger partial charge in [0, 0.05) is 41.8 Å². The van der Waals surface area contributed by atoms with Gasteiger partial charge < -0.3 is 20.5 Å². The van der Waals surface area contributed by atoms with Gasteiger partial charge in [0.2, 0.25) is 10.0 Å². The minimum atomic E-state index is -3.81. The zero-order valence-electron chi connectivity index (χ0n) is 18.7. The second-order valence-electron chi connectivity index (χ2n) is 7.88. The molecule has 0 radical (unpaired) electrons. The van der Waals surface area contributed by atoms with Crippen molar-refractivity contribution in [2.75, 3.05) is 50.1 Å². The van der Waals surface area contributed by atoms with Gasteiger partial charge >= 0.3 is 0 Å². The largest absolute Gasteiger partial charge is 0.395 e. The molecule has 182 valence electrons. The molecule has 1 aromatic carbocycles. The van der Waals surface area contributed by atoms with E-state index in [9.17, 15) is 8.42 Å². The highest BCUT2D eigenvalue weighted by atomic mass is 32.2. The maximum absolute atomic E-state index is 12.9. The third kappa shape index (κ3) is 4.83. The van der Waals surface area contributed by atoms with Gasteiger partial charge in [-0.15, -0.1) is 11.3 Å². The number of nitrogens with one attached hydrogen (secondary N) is 1. The van der Waals surface area contributed by atoms with Crippen molar-refractivity contribution in [1.29, 1.82) is 0 Å². The van der Waals surface area contributed by atoms with Crippen LogP contribution in [0.25, 0.3) is 32.0 Å². The number of aliphatic hydroxyl groups is 1. The normalized spacial score (nSPS) is 14.5. The number of morpholine rings is 1. The fraction of sp³-hybridized carbons (Fsp3) is 0.261. The first kappa shape index (κ1) is 23.6. The molecule has 0 bridgehead atoms. The lowest BCUT2D eigenvalue weighted by atomic mass is 10.2. The molecule has 35 heavy (non-hydrogen) atoms. The number of nitrogens with two attached hydrogens (primary N) is 1. The lowest BCUT2D eigenvalue weighted by Crippen LogP contribution is -2.36. The Morgan fingerprint density at radius 1 is 1.14 bits per heavy atom. The van der Waals surface area contributed by atoms with Crippen LogP contribution in [-0.4, -0.2) is 67.9 Å². The Balaban J connectivity index is 1.67. The molecule has 1 aliphatic heterocycles. The zero-order valence-corrected chi connectivity index (χ0v) is 20.3. The summed E-state index contributed by atoms with van der Waals surface area (Å²) in [7, 11) is -3.81. The van der Waals surface area contributed by atoms with Crippen LogP contribution in [0.4, 0.5) is 11.6 Å². The third-order valence-corrected chi connectivity index (χ3v) is 8.23. The van der Waals surface area contributed by atoms with Crippen LogP contribution < -0.4 is 15.4 Å². The van der Waals surface area contributed by atoms with Crippen LogP contribution in [-0.2, 0) is 14.8 Å². The van der Waals surface area contributed by atoms with E-state index in [2.05, 4.69) is 14.6 Å². The summed E-state index contributed by atoms with van der Waals surface area (Å²) in [4.78, 5) is 16.9. The molecule has 4 heterocycles. The summed E-state index contributed by atoms with van der Waals surface area (Å²) < 4.78 is 34.6. The molecular formula is C23H24N6O4S2. The highest BCUT2D eigenvalue weighted by Crippen LogP contribution is 2.40. The summed E-state index contributed by atoms with van der Waals surface area (Å²) in [5, 5.41) is 9.08. The number of benzene rings is 1. The Bertz CT molecular complexity index is 1450. The first-order valence-electron chi connectivity index (χ1n) is 11.0. The van der Waals surface area contributed by atoms with Gasteiger partial charge in [-0.05, 0) is 24.3 Å². The topological polar surface area (TPSA) is 144 Å². The summed E-state index contributed by atoms with van der Waals surface area (Å²) in [6.07, 6.45) is 1.64. The van der Waals surface area contributed by atoms with Crippen LogP contribution in [0.5, 0.6) is 0 Å². The van der Waals surface area contributed by atoms with E-state index in [0.717, 1.165) is 21.0 Å². The molecule has 1 saturated heterocycles. The van der Waals surface area contributed by atoms with Gasteiger partial charge in [0.05, 0.1) is 34.9 Å². The summed E-state index contributed by atoms with van der Waals surface area (Å²) in [6.45, 7) is 2.23. The van der Waals surface area contributed by atoms with E-state index in [1.54, 1.807) is 36.5 Å². The molecule has 3 aromatic heterocycles. The van der Waals surface area contributed by atoms with Crippen molar-refractivity contribution in [1.82, 2.24) is 19.7 Å². The molecule has 0 aliphatic carbocycles. The van der Waals surface area contributed by atoms with Gasteiger partial charge in [-0.3, -0.25) is 0 Å². The number of hydrogen-bond acceptors (Lipinski definition) is 10. The highest BCUT2D eigenvalue weighted by molar-refractivity contribution is 7.89. The van der Waals surface area contributed by atoms with Gasteiger partial charge in [0.25, 0.3) is 0 Å². The molecule has 0 saturated carbocycles. The average Bonchev–Trinajstić information content (AvgIpc) is 3.32. The summed E-state index contributed by atoms with van der Waals surface area (Å²) in [5.41, 5.74) is 7.76. The Labute approximate surface area is 206 Å². The molecule has 4 N–H and O–H groups in total. The van der Waals surface area contributed by atoms with Crippen LogP contribution in [0.3, 0.4) is 0 Å². The molecule has 12 heteroatoms. The minimum absolute atomic E-state index is 0.0608. The first-order chi connectivity index (χ1) is 17.0. The molecule has 1 fully saturated rings. The second-order valence-corrected chi connectivity index (χ2v) is 10.7. The smallest absolute Gasteiger partial charge is 0.241 e. The number of pyridine rings is 1. The van der Waals surface area contributed by atoms with E-state index in [1.165, 1.54) is 11.3 Å². The lowest BCUT2D eigenvalue weighted by Gasteiger charge is -2.28. The quantitative estimate of drug-likeness (QED) is 0.339. The number of fused-ring (bicyclic) bond motifs is 1. The SMILES string of the molecule is Nc1ccc(-c2nc(N3CCOCC3)c3sc(-c4ccccc4S(=O)(=O)NCCO)cc3n2)cn1. The zero-order chi connectivity index (χ0) is 24.4. The van der Waals surface area contributed by atoms with Crippen molar-refractivity contribution < 1.29 is 18.3 Å². The molecule has 1 aliphatic rings. The number of hydrogen-bond donors (Lipinski definition) is 3. The van der Waals surface area contributed by atoms with Crippen LogP contribution in [0.15, 0.2) is 53.6 Å². The number of rotatable bonds is 7. The summed E-state index contributed by atoms with van der Waals surface area (Å²) >= 11 is 1.45. The van der Waals surface area contributed by atoms with E-state index in [4.69, 9.17) is 25.5 Å². The molecule has 4 aromatic rings. The van der Waals surface area contributed by atoms with E-state index in [0.29, 0.717) is 49.0 Å². The standard InChI is InChI=1S/C23H24N6O4S2/c24-20-6-5-15(14-25-20)22-27-17-13-18(34-21(17)23(28-22)29-8-11-33-12-9-29)16-3-1-2-4-19(16)35(31,32)26-7-10-30/h1-6,13-14,26,30H,7-12H2,(H2,24,25). The number of ether oxygens (including phenoxy) is 1. The van der Waals surface area contributed by atoms with Crippen molar-refractivity contribution in [3.05, 3.63) is 48.7 Å². The van der Waals surface area contributed by atoms with Crippen molar-refractivity contribution in [2.45, 2.75) is 4.90 Å². The van der Waals surface area contributed by atoms with Gasteiger partial charge in [0.15, 0.2) is 11.6 Å². The number of sulfonamides is 1. The van der Waals surface area contributed by atoms with Gasteiger partial charge in [-0.1, -0.05) is 18.2 Å². The van der Waals surface area contributed by atoms with Crippen molar-refractivity contribution >= 4 is 43.2 Å². The Morgan fingerprint density at radius 2 is 1.94 bits per heavy atom. The number of aliphatic hydroxyl groups excluding tert-OH is 1. The number of nitrogens with zero attached hydrogens (tertiary/aromatic N) is 4. The highest BCUT2D eigenvalue weighted by Gasteiger charge is 2.23. The number of nitrogen functional groups attached to an aromatic ring is 1. The van der Waals surface area contributed by atoms with E-state index >= 15 is 0 Å². The van der Waals surface area contributed by atoms with Gasteiger partial charge in [-0.2, -0.15) is 0 Å². The molecule has 0 atom stereocenters. The Morgan fingerprint density at radius 3 is 2.69 bits per heavy atom. The maximum Gasteiger partial charge on any atom is 0.241 e. The average molecular weight is 513 g/mol. The van der Waals surface area contributed by atoms with E-state index in [1.807, 2.05) is 12.1 Å². The van der Waals surface area contributed by atoms with Crippen LogP contribution >= 0.6 is 11.3 Å². The van der Waals surface area contributed by atoms with Gasteiger partial charge in [0.1, 0.15) is 5.82 Å². The maximum atomic E-state index is 12.9. The summed E-state index contributed by atoms with van der Waals surface area (Å²) in [5.74, 6) is 1.70. The Kier molecular flexibility index (Phi) is 6.62. The molecular weight excluding hydrogens is 488 g/mol. The summed E-state index contributed by atoms with van der Waals surface area (Å²) in [6, 6.07) is 12.2. The fourth-order valence-corrected chi connectivity index (χ4v) is 6.32. The molecule has 0 unspecified atom stereocenters. The van der Waals surface area contributed by atoms with E-state index < -0.39 is 10.0 Å². The van der Waals surface area contributed by atoms with Gasteiger partial charge in [-0.25, -0.2) is 28.1 Å². The Hall–Kier alpha value is -3.16. The predicted molar refractivity (Wildman–Crippen MR) is 136 cm³/mol. The van der Waals surface area contributed by atoms with Crippen LogP contribution in [0.1, 0.15) is 0 Å². The number of aromatic nitrogens is 3. The molecule has 0 spiro atoms.